The highest BCUT2D eigenvalue weighted by molar-refractivity contribution is 5.51. The predicted octanol–water partition coefficient (Wildman–Crippen LogP) is 3.72. The zero-order valence-electron chi connectivity index (χ0n) is 12.3. The predicted molar refractivity (Wildman–Crippen MR) is 81.6 cm³/mol. The van der Waals surface area contributed by atoms with E-state index in [-0.39, 0.29) is 5.82 Å². The standard InChI is InChI=1S/C17H25FN2/c1-2-10-19-13-11-14-6-5-7-15(12-13)20(14)17-9-4-3-8-16(17)18/h3-4,8-9,13-15,19H,2,5-7,10-12H2,1H3. The average Bonchev–Trinajstić information content (AvgIpc) is 2.45. The van der Waals surface area contributed by atoms with Gasteiger partial charge in [-0.05, 0) is 57.2 Å². The minimum absolute atomic E-state index is 0.0654. The molecule has 2 aliphatic rings. The van der Waals surface area contributed by atoms with Crippen molar-refractivity contribution in [3.63, 3.8) is 0 Å². The van der Waals surface area contributed by atoms with Crippen LogP contribution in [0.25, 0.3) is 0 Å². The maximum atomic E-state index is 14.1. The van der Waals surface area contributed by atoms with Crippen molar-refractivity contribution < 1.29 is 4.39 Å². The molecule has 2 unspecified atom stereocenters. The molecule has 2 fully saturated rings. The molecule has 0 aromatic heterocycles. The first-order valence-electron chi connectivity index (χ1n) is 8.06. The van der Waals surface area contributed by atoms with E-state index in [4.69, 9.17) is 0 Å². The summed E-state index contributed by atoms with van der Waals surface area (Å²) in [6.07, 6.45) is 7.20. The SMILES string of the molecule is CCCNC1CC2CCCC(C1)N2c1ccccc1F. The normalized spacial score (nSPS) is 29.5. The molecule has 0 aliphatic carbocycles. The highest BCUT2D eigenvalue weighted by atomic mass is 19.1. The van der Waals surface area contributed by atoms with E-state index in [1.54, 1.807) is 12.1 Å². The lowest BCUT2D eigenvalue weighted by Gasteiger charge is -2.50. The van der Waals surface area contributed by atoms with Gasteiger partial charge in [-0.25, -0.2) is 4.39 Å². The maximum absolute atomic E-state index is 14.1. The molecule has 2 aliphatic heterocycles. The number of rotatable bonds is 4. The van der Waals surface area contributed by atoms with Crippen LogP contribution in [0.2, 0.25) is 0 Å². The Hall–Kier alpha value is -1.09. The fraction of sp³-hybridized carbons (Fsp3) is 0.647. The number of para-hydroxylation sites is 1. The molecule has 3 rings (SSSR count). The van der Waals surface area contributed by atoms with Crippen LogP contribution in [0.3, 0.4) is 0 Å². The van der Waals surface area contributed by atoms with E-state index in [1.807, 2.05) is 12.1 Å². The van der Waals surface area contributed by atoms with Crippen molar-refractivity contribution in [3.8, 4) is 0 Å². The van der Waals surface area contributed by atoms with Gasteiger partial charge >= 0.3 is 0 Å². The number of piperidine rings is 2. The van der Waals surface area contributed by atoms with Gasteiger partial charge in [0, 0.05) is 18.1 Å². The van der Waals surface area contributed by atoms with E-state index in [0.29, 0.717) is 18.1 Å². The van der Waals surface area contributed by atoms with Crippen molar-refractivity contribution in [1.82, 2.24) is 5.32 Å². The van der Waals surface area contributed by atoms with Gasteiger partial charge < -0.3 is 10.2 Å². The van der Waals surface area contributed by atoms with Gasteiger partial charge in [0.15, 0.2) is 0 Å². The summed E-state index contributed by atoms with van der Waals surface area (Å²) < 4.78 is 14.1. The summed E-state index contributed by atoms with van der Waals surface area (Å²) in [5.74, 6) is -0.0654. The van der Waals surface area contributed by atoms with E-state index in [2.05, 4.69) is 17.1 Å². The highest BCUT2D eigenvalue weighted by Gasteiger charge is 2.38. The van der Waals surface area contributed by atoms with Crippen LogP contribution in [0.1, 0.15) is 45.4 Å². The minimum atomic E-state index is -0.0654. The summed E-state index contributed by atoms with van der Waals surface area (Å²) >= 11 is 0. The topological polar surface area (TPSA) is 15.3 Å². The van der Waals surface area contributed by atoms with Gasteiger partial charge in [0.05, 0.1) is 5.69 Å². The molecule has 1 N–H and O–H groups in total. The van der Waals surface area contributed by atoms with Crippen molar-refractivity contribution in [3.05, 3.63) is 30.1 Å². The number of hydrogen-bond acceptors (Lipinski definition) is 2. The lowest BCUT2D eigenvalue weighted by molar-refractivity contribution is 0.244. The van der Waals surface area contributed by atoms with Gasteiger partial charge in [-0.15, -0.1) is 0 Å². The van der Waals surface area contributed by atoms with E-state index in [0.717, 1.165) is 25.1 Å². The van der Waals surface area contributed by atoms with Crippen molar-refractivity contribution in [2.24, 2.45) is 0 Å². The van der Waals surface area contributed by atoms with E-state index in [1.165, 1.54) is 25.7 Å². The van der Waals surface area contributed by atoms with Crippen LogP contribution in [0.15, 0.2) is 24.3 Å². The number of halogens is 1. The second kappa shape index (κ2) is 6.13. The van der Waals surface area contributed by atoms with Crippen LogP contribution in [-0.4, -0.2) is 24.7 Å². The summed E-state index contributed by atoms with van der Waals surface area (Å²) in [6, 6.07) is 8.91. The van der Waals surface area contributed by atoms with Crippen molar-refractivity contribution in [1.29, 1.82) is 0 Å². The first kappa shape index (κ1) is 13.9. The molecule has 2 atom stereocenters. The van der Waals surface area contributed by atoms with E-state index < -0.39 is 0 Å². The maximum Gasteiger partial charge on any atom is 0.146 e. The fourth-order valence-corrected chi connectivity index (χ4v) is 3.95. The molecule has 1 aromatic rings. The minimum Gasteiger partial charge on any atom is -0.363 e. The molecule has 0 radical (unpaired) electrons. The Kier molecular flexibility index (Phi) is 4.25. The van der Waals surface area contributed by atoms with Gasteiger partial charge in [0.25, 0.3) is 0 Å². The number of nitrogens with one attached hydrogen (secondary N) is 1. The molecular weight excluding hydrogens is 251 g/mol. The molecule has 2 nitrogen and oxygen atoms in total. The second-order valence-electron chi connectivity index (χ2n) is 6.22. The molecule has 0 amide bonds. The van der Waals surface area contributed by atoms with Crippen LogP contribution < -0.4 is 10.2 Å². The molecule has 0 spiro atoms. The summed E-state index contributed by atoms with van der Waals surface area (Å²) in [7, 11) is 0. The average molecular weight is 276 g/mol. The quantitative estimate of drug-likeness (QED) is 0.901. The molecule has 20 heavy (non-hydrogen) atoms. The largest absolute Gasteiger partial charge is 0.363 e. The summed E-state index contributed by atoms with van der Waals surface area (Å²) in [6.45, 7) is 3.31. The first-order valence-corrected chi connectivity index (χ1v) is 8.06. The van der Waals surface area contributed by atoms with Crippen LogP contribution in [-0.2, 0) is 0 Å². The number of hydrogen-bond donors (Lipinski definition) is 1. The van der Waals surface area contributed by atoms with Gasteiger partial charge in [0.2, 0.25) is 0 Å². The third kappa shape index (κ3) is 2.69. The van der Waals surface area contributed by atoms with Crippen LogP contribution >= 0.6 is 0 Å². The van der Waals surface area contributed by atoms with Crippen LogP contribution in [0.5, 0.6) is 0 Å². The Morgan fingerprint density at radius 2 is 1.90 bits per heavy atom. The fourth-order valence-electron chi connectivity index (χ4n) is 3.95. The third-order valence-corrected chi connectivity index (χ3v) is 4.79. The van der Waals surface area contributed by atoms with Crippen LogP contribution in [0, 0.1) is 5.82 Å². The first-order chi connectivity index (χ1) is 9.79. The monoisotopic (exact) mass is 276 g/mol. The van der Waals surface area contributed by atoms with E-state index in [9.17, 15) is 4.39 Å². The molecule has 110 valence electrons. The Balaban J connectivity index is 1.78. The zero-order valence-corrected chi connectivity index (χ0v) is 12.3. The van der Waals surface area contributed by atoms with Gasteiger partial charge in [-0.3, -0.25) is 0 Å². The molecule has 2 bridgehead atoms. The Morgan fingerprint density at radius 1 is 1.20 bits per heavy atom. The number of benzene rings is 1. The summed E-state index contributed by atoms with van der Waals surface area (Å²) in [5.41, 5.74) is 0.816. The third-order valence-electron chi connectivity index (χ3n) is 4.79. The Labute approximate surface area is 121 Å². The van der Waals surface area contributed by atoms with Crippen molar-refractivity contribution >= 4 is 5.69 Å². The number of anilines is 1. The lowest BCUT2D eigenvalue weighted by atomic mass is 9.81. The van der Waals surface area contributed by atoms with Gasteiger partial charge in [-0.1, -0.05) is 19.1 Å². The Morgan fingerprint density at radius 3 is 2.55 bits per heavy atom. The number of nitrogens with zero attached hydrogens (tertiary/aromatic N) is 1. The van der Waals surface area contributed by atoms with Gasteiger partial charge in [0.1, 0.15) is 5.82 Å². The van der Waals surface area contributed by atoms with Crippen molar-refractivity contribution in [2.45, 2.75) is 63.6 Å². The summed E-state index contributed by atoms with van der Waals surface area (Å²) in [5, 5.41) is 3.67. The van der Waals surface area contributed by atoms with Crippen molar-refractivity contribution in [2.75, 3.05) is 11.4 Å². The number of fused-ring (bicyclic) bond motifs is 2. The molecule has 3 heteroatoms. The second-order valence-corrected chi connectivity index (χ2v) is 6.22. The molecule has 2 saturated heterocycles. The Bertz CT molecular complexity index is 434. The van der Waals surface area contributed by atoms with Gasteiger partial charge in [-0.2, -0.15) is 0 Å². The smallest absolute Gasteiger partial charge is 0.146 e. The zero-order chi connectivity index (χ0) is 13.9. The molecule has 1 aromatic carbocycles. The lowest BCUT2D eigenvalue weighted by Crippen LogP contribution is -2.56. The summed E-state index contributed by atoms with van der Waals surface area (Å²) in [4.78, 5) is 2.38. The molecule has 2 heterocycles. The van der Waals surface area contributed by atoms with E-state index >= 15 is 0 Å². The molecular formula is C17H25FN2. The highest BCUT2D eigenvalue weighted by Crippen LogP contribution is 2.38. The van der Waals surface area contributed by atoms with Crippen LogP contribution in [0.4, 0.5) is 10.1 Å². The molecule has 0 saturated carbocycles.